The fraction of sp³-hybridized carbons (Fsp3) is 0.316. The SMILES string of the molecule is CC(C)(CNC(=O)CCc1c(F)cccc1F)c1ccccc1F. The van der Waals surface area contributed by atoms with Gasteiger partial charge in [-0.25, -0.2) is 13.2 Å². The van der Waals surface area contributed by atoms with Crippen LogP contribution < -0.4 is 5.32 Å². The Kier molecular flexibility index (Phi) is 5.65. The lowest BCUT2D eigenvalue weighted by atomic mass is 9.84. The van der Waals surface area contributed by atoms with Crippen molar-refractivity contribution in [1.29, 1.82) is 0 Å². The Bertz CT molecular complexity index is 708. The molecule has 0 unspecified atom stereocenters. The number of carbonyl (C=O) groups is 1. The van der Waals surface area contributed by atoms with Gasteiger partial charge in [0, 0.05) is 23.9 Å². The minimum atomic E-state index is -0.658. The van der Waals surface area contributed by atoms with Crippen LogP contribution in [0.1, 0.15) is 31.4 Å². The molecule has 0 aliphatic carbocycles. The molecule has 0 spiro atoms. The zero-order valence-corrected chi connectivity index (χ0v) is 13.7. The summed E-state index contributed by atoms with van der Waals surface area (Å²) in [5.41, 5.74) is -0.184. The summed E-state index contributed by atoms with van der Waals surface area (Å²) in [6.07, 6.45) is -0.0598. The molecule has 5 heteroatoms. The molecule has 0 aliphatic rings. The van der Waals surface area contributed by atoms with Crippen LogP contribution in [0.15, 0.2) is 42.5 Å². The van der Waals surface area contributed by atoms with E-state index in [-0.39, 0.29) is 36.7 Å². The number of nitrogens with one attached hydrogen (secondary N) is 1. The molecule has 0 radical (unpaired) electrons. The smallest absolute Gasteiger partial charge is 0.220 e. The minimum Gasteiger partial charge on any atom is -0.355 e. The zero-order valence-electron chi connectivity index (χ0n) is 13.7. The van der Waals surface area contributed by atoms with E-state index >= 15 is 0 Å². The van der Waals surface area contributed by atoms with Gasteiger partial charge in [-0.1, -0.05) is 38.1 Å². The number of hydrogen-bond acceptors (Lipinski definition) is 1. The minimum absolute atomic E-state index is 0.0233. The van der Waals surface area contributed by atoms with Crippen LogP contribution in [0, 0.1) is 17.5 Å². The molecule has 2 rings (SSSR count). The number of carbonyl (C=O) groups excluding carboxylic acids is 1. The van der Waals surface area contributed by atoms with Crippen LogP contribution in [-0.4, -0.2) is 12.5 Å². The van der Waals surface area contributed by atoms with Gasteiger partial charge in [0.25, 0.3) is 0 Å². The molecule has 0 aliphatic heterocycles. The normalized spacial score (nSPS) is 11.4. The largest absolute Gasteiger partial charge is 0.355 e. The lowest BCUT2D eigenvalue weighted by Gasteiger charge is -2.26. The third-order valence-electron chi connectivity index (χ3n) is 3.99. The summed E-state index contributed by atoms with van der Waals surface area (Å²) in [6, 6.07) is 10.0. The molecular formula is C19H20F3NO. The Morgan fingerprint density at radius 2 is 1.54 bits per heavy atom. The van der Waals surface area contributed by atoms with Crippen molar-refractivity contribution >= 4 is 5.91 Å². The van der Waals surface area contributed by atoms with E-state index in [0.29, 0.717) is 5.56 Å². The molecule has 0 bridgehead atoms. The molecule has 0 aromatic heterocycles. The molecule has 1 N–H and O–H groups in total. The van der Waals surface area contributed by atoms with E-state index in [0.717, 1.165) is 12.1 Å². The Balaban J connectivity index is 1.92. The van der Waals surface area contributed by atoms with Gasteiger partial charge in [0.1, 0.15) is 17.5 Å². The van der Waals surface area contributed by atoms with E-state index in [2.05, 4.69) is 5.32 Å². The van der Waals surface area contributed by atoms with Gasteiger partial charge >= 0.3 is 0 Å². The summed E-state index contributed by atoms with van der Waals surface area (Å²) < 4.78 is 40.9. The second-order valence-corrected chi connectivity index (χ2v) is 6.34. The highest BCUT2D eigenvalue weighted by Gasteiger charge is 2.24. The maximum absolute atomic E-state index is 13.9. The maximum atomic E-state index is 13.9. The lowest BCUT2D eigenvalue weighted by Crippen LogP contribution is -2.37. The first-order valence-electron chi connectivity index (χ1n) is 7.76. The molecule has 24 heavy (non-hydrogen) atoms. The molecule has 0 saturated carbocycles. The van der Waals surface area contributed by atoms with Crippen molar-refractivity contribution in [3.63, 3.8) is 0 Å². The standard InChI is InChI=1S/C19H20F3NO/c1-19(2,14-6-3-4-7-17(14)22)12-23-18(24)11-10-13-15(20)8-5-9-16(13)21/h3-9H,10-12H2,1-2H3,(H,23,24). The molecule has 128 valence electrons. The number of halogens is 3. The van der Waals surface area contributed by atoms with Gasteiger partial charge < -0.3 is 5.32 Å². The second-order valence-electron chi connectivity index (χ2n) is 6.34. The average molecular weight is 335 g/mol. The Morgan fingerprint density at radius 1 is 0.958 bits per heavy atom. The van der Waals surface area contributed by atoms with Crippen molar-refractivity contribution in [3.8, 4) is 0 Å². The monoisotopic (exact) mass is 335 g/mol. The third kappa shape index (κ3) is 4.37. The number of hydrogen-bond donors (Lipinski definition) is 1. The summed E-state index contributed by atoms with van der Waals surface area (Å²) in [5, 5.41) is 2.71. The van der Waals surface area contributed by atoms with Gasteiger partial charge in [-0.05, 0) is 30.2 Å². The summed E-state index contributed by atoms with van der Waals surface area (Å²) in [5.74, 6) is -1.98. The summed E-state index contributed by atoms with van der Waals surface area (Å²) in [7, 11) is 0. The van der Waals surface area contributed by atoms with Gasteiger partial charge in [0.2, 0.25) is 5.91 Å². The van der Waals surface area contributed by atoms with Gasteiger partial charge in [0.05, 0.1) is 0 Å². The first kappa shape index (κ1) is 18.0. The van der Waals surface area contributed by atoms with Crippen molar-refractivity contribution in [3.05, 3.63) is 71.0 Å². The van der Waals surface area contributed by atoms with E-state index in [1.807, 2.05) is 13.8 Å². The highest BCUT2D eigenvalue weighted by molar-refractivity contribution is 5.76. The van der Waals surface area contributed by atoms with Gasteiger partial charge in [-0.3, -0.25) is 4.79 Å². The predicted molar refractivity (Wildman–Crippen MR) is 87.1 cm³/mol. The molecular weight excluding hydrogens is 315 g/mol. The van der Waals surface area contributed by atoms with E-state index < -0.39 is 17.0 Å². The van der Waals surface area contributed by atoms with Gasteiger partial charge in [-0.15, -0.1) is 0 Å². The second kappa shape index (κ2) is 7.51. The summed E-state index contributed by atoms with van der Waals surface area (Å²) in [4.78, 5) is 12.0. The van der Waals surface area contributed by atoms with Gasteiger partial charge in [-0.2, -0.15) is 0 Å². The first-order valence-corrected chi connectivity index (χ1v) is 7.76. The van der Waals surface area contributed by atoms with Crippen molar-refractivity contribution in [2.45, 2.75) is 32.1 Å². The third-order valence-corrected chi connectivity index (χ3v) is 3.99. The van der Waals surface area contributed by atoms with E-state index in [9.17, 15) is 18.0 Å². The van der Waals surface area contributed by atoms with Crippen LogP contribution in [0.5, 0.6) is 0 Å². The first-order chi connectivity index (χ1) is 11.3. The average Bonchev–Trinajstić information content (AvgIpc) is 2.53. The fourth-order valence-corrected chi connectivity index (χ4v) is 2.52. The maximum Gasteiger partial charge on any atom is 0.220 e. The van der Waals surface area contributed by atoms with E-state index in [1.54, 1.807) is 18.2 Å². The highest BCUT2D eigenvalue weighted by atomic mass is 19.1. The Morgan fingerprint density at radius 3 is 2.17 bits per heavy atom. The van der Waals surface area contributed by atoms with E-state index in [1.165, 1.54) is 12.1 Å². The molecule has 2 aromatic carbocycles. The van der Waals surface area contributed by atoms with E-state index in [4.69, 9.17) is 0 Å². The topological polar surface area (TPSA) is 29.1 Å². The lowest BCUT2D eigenvalue weighted by molar-refractivity contribution is -0.121. The van der Waals surface area contributed by atoms with Gasteiger partial charge in [0.15, 0.2) is 0 Å². The Hall–Kier alpha value is -2.30. The van der Waals surface area contributed by atoms with Crippen LogP contribution in [0.25, 0.3) is 0 Å². The molecule has 1 amide bonds. The molecule has 0 fully saturated rings. The molecule has 0 heterocycles. The van der Waals surface area contributed by atoms with Crippen LogP contribution in [-0.2, 0) is 16.6 Å². The molecule has 2 aromatic rings. The summed E-state index contributed by atoms with van der Waals surface area (Å²) in [6.45, 7) is 3.87. The zero-order chi connectivity index (χ0) is 17.7. The Labute approximate surface area is 139 Å². The van der Waals surface area contributed by atoms with Crippen LogP contribution in [0.4, 0.5) is 13.2 Å². The van der Waals surface area contributed by atoms with Crippen molar-refractivity contribution in [2.75, 3.05) is 6.54 Å². The number of amides is 1. The number of benzene rings is 2. The quantitative estimate of drug-likeness (QED) is 0.845. The van der Waals surface area contributed by atoms with Crippen molar-refractivity contribution in [2.24, 2.45) is 0 Å². The van der Waals surface area contributed by atoms with Crippen molar-refractivity contribution in [1.82, 2.24) is 5.32 Å². The fourth-order valence-electron chi connectivity index (χ4n) is 2.52. The van der Waals surface area contributed by atoms with Crippen LogP contribution in [0.2, 0.25) is 0 Å². The predicted octanol–water partition coefficient (Wildman–Crippen LogP) is 4.13. The van der Waals surface area contributed by atoms with Crippen molar-refractivity contribution < 1.29 is 18.0 Å². The number of rotatable bonds is 6. The molecule has 0 atom stereocenters. The van der Waals surface area contributed by atoms with Crippen LogP contribution >= 0.6 is 0 Å². The summed E-state index contributed by atoms with van der Waals surface area (Å²) >= 11 is 0. The van der Waals surface area contributed by atoms with Crippen LogP contribution in [0.3, 0.4) is 0 Å². The molecule has 2 nitrogen and oxygen atoms in total. The highest BCUT2D eigenvalue weighted by Crippen LogP contribution is 2.24. The molecule has 0 saturated heterocycles.